The number of halogens is 1. The van der Waals surface area contributed by atoms with Crippen LogP contribution in [-0.4, -0.2) is 27.7 Å². The minimum Gasteiger partial charge on any atom is -0.504 e. The number of phenolic OH excluding ortho intramolecular Hbond substituents is 2. The normalized spacial score (nSPS) is 11.2. The summed E-state index contributed by atoms with van der Waals surface area (Å²) in [5.41, 5.74) is 5.27. The average molecular weight is 458 g/mol. The second kappa shape index (κ2) is 10.1. The van der Waals surface area contributed by atoms with Crippen LogP contribution in [0.2, 0.25) is 4.34 Å². The number of hydrogen-bond donors (Lipinski definition) is 4. The number of aryl methyl sites for hydroxylation is 1. The molecule has 0 aliphatic heterocycles. The largest absolute Gasteiger partial charge is 0.504 e. The van der Waals surface area contributed by atoms with Crippen molar-refractivity contribution in [2.45, 2.75) is 19.8 Å². The maximum absolute atomic E-state index is 12.2. The van der Waals surface area contributed by atoms with Gasteiger partial charge in [0.25, 0.3) is 5.91 Å². The molecule has 0 radical (unpaired) electrons. The van der Waals surface area contributed by atoms with Gasteiger partial charge in [0.15, 0.2) is 11.5 Å². The number of anilines is 1. The Kier molecular flexibility index (Phi) is 7.28. The van der Waals surface area contributed by atoms with Gasteiger partial charge in [-0.3, -0.25) is 9.59 Å². The van der Waals surface area contributed by atoms with Crippen molar-refractivity contribution in [3.05, 3.63) is 74.9 Å². The number of hydrazone groups is 1. The van der Waals surface area contributed by atoms with Crippen LogP contribution >= 0.6 is 22.9 Å². The summed E-state index contributed by atoms with van der Waals surface area (Å²) in [7, 11) is 0. The Morgan fingerprint density at radius 3 is 2.42 bits per heavy atom. The molecule has 0 bridgehead atoms. The monoisotopic (exact) mass is 457 g/mol. The first-order valence-corrected chi connectivity index (χ1v) is 10.5. The van der Waals surface area contributed by atoms with Crippen molar-refractivity contribution in [2.75, 3.05) is 5.32 Å². The van der Waals surface area contributed by atoms with E-state index in [1.165, 1.54) is 23.5 Å². The van der Waals surface area contributed by atoms with Gasteiger partial charge in [-0.2, -0.15) is 5.10 Å². The highest BCUT2D eigenvalue weighted by Gasteiger charge is 2.09. The number of nitrogens with one attached hydrogen (secondary N) is 2. The standard InChI is InChI=1S/C22H20ClN3O4S/c1-13(25-26-21(29)11-3-14-2-8-17(27)18(28)12-14)15-4-6-16(7-5-15)24-22(30)19-9-10-20(23)31-19/h2,4-10,12,27-28H,3,11H2,1H3,(H,24,30)(H,26,29)/b25-13-. The number of amides is 2. The number of nitrogens with zero attached hydrogens (tertiary/aromatic N) is 1. The molecule has 2 amide bonds. The Balaban J connectivity index is 1.51. The summed E-state index contributed by atoms with van der Waals surface area (Å²) >= 11 is 7.06. The highest BCUT2D eigenvalue weighted by Crippen LogP contribution is 2.25. The maximum atomic E-state index is 12.2. The Bertz CT molecular complexity index is 1130. The van der Waals surface area contributed by atoms with Crippen molar-refractivity contribution in [3.8, 4) is 11.5 Å². The van der Waals surface area contributed by atoms with Gasteiger partial charge in [-0.1, -0.05) is 29.8 Å². The number of benzene rings is 2. The molecule has 31 heavy (non-hydrogen) atoms. The lowest BCUT2D eigenvalue weighted by Gasteiger charge is -2.06. The van der Waals surface area contributed by atoms with E-state index >= 15 is 0 Å². The molecule has 1 aromatic heterocycles. The van der Waals surface area contributed by atoms with Crippen LogP contribution in [0.4, 0.5) is 5.69 Å². The second-order valence-electron chi connectivity index (χ2n) is 6.69. The van der Waals surface area contributed by atoms with Gasteiger partial charge in [0.05, 0.1) is 14.9 Å². The quantitative estimate of drug-likeness (QED) is 0.237. The summed E-state index contributed by atoms with van der Waals surface area (Å²) in [6, 6.07) is 14.9. The van der Waals surface area contributed by atoms with E-state index in [2.05, 4.69) is 15.8 Å². The average Bonchev–Trinajstić information content (AvgIpc) is 3.20. The molecule has 0 fully saturated rings. The van der Waals surface area contributed by atoms with Crippen LogP contribution in [-0.2, 0) is 11.2 Å². The van der Waals surface area contributed by atoms with E-state index in [0.29, 0.717) is 27.0 Å². The van der Waals surface area contributed by atoms with E-state index in [1.807, 2.05) is 0 Å². The zero-order valence-corrected chi connectivity index (χ0v) is 18.1. The predicted molar refractivity (Wildman–Crippen MR) is 122 cm³/mol. The van der Waals surface area contributed by atoms with Gasteiger partial charge < -0.3 is 15.5 Å². The first-order valence-electron chi connectivity index (χ1n) is 9.33. The fourth-order valence-corrected chi connectivity index (χ4v) is 3.61. The lowest BCUT2D eigenvalue weighted by molar-refractivity contribution is -0.121. The van der Waals surface area contributed by atoms with Crippen LogP contribution in [0.3, 0.4) is 0 Å². The van der Waals surface area contributed by atoms with Crippen LogP contribution in [0.15, 0.2) is 59.7 Å². The number of phenols is 2. The molecule has 0 atom stereocenters. The Hall–Kier alpha value is -3.36. The molecule has 3 rings (SSSR count). The number of rotatable bonds is 7. The Morgan fingerprint density at radius 2 is 1.77 bits per heavy atom. The second-order valence-corrected chi connectivity index (χ2v) is 8.41. The van der Waals surface area contributed by atoms with Crippen molar-refractivity contribution in [3.63, 3.8) is 0 Å². The SMILES string of the molecule is C/C(=N/NC(=O)CCc1ccc(O)c(O)c1)c1ccc(NC(=O)c2ccc(Cl)s2)cc1. The number of aromatic hydroxyl groups is 2. The van der Waals surface area contributed by atoms with Crippen molar-refractivity contribution >= 4 is 46.2 Å². The maximum Gasteiger partial charge on any atom is 0.265 e. The van der Waals surface area contributed by atoms with Crippen LogP contribution in [0, 0.1) is 0 Å². The fraction of sp³-hybridized carbons (Fsp3) is 0.136. The third-order valence-corrected chi connectivity index (χ3v) is 5.62. The summed E-state index contributed by atoms with van der Waals surface area (Å²) in [6.07, 6.45) is 0.580. The van der Waals surface area contributed by atoms with Gasteiger partial charge in [0.2, 0.25) is 5.91 Å². The summed E-state index contributed by atoms with van der Waals surface area (Å²) < 4.78 is 0.551. The van der Waals surface area contributed by atoms with Gasteiger partial charge in [-0.25, -0.2) is 5.43 Å². The van der Waals surface area contributed by atoms with Crippen LogP contribution in [0.5, 0.6) is 11.5 Å². The number of thiophene rings is 1. The zero-order valence-electron chi connectivity index (χ0n) is 16.6. The van der Waals surface area contributed by atoms with Crippen molar-refractivity contribution < 1.29 is 19.8 Å². The Morgan fingerprint density at radius 1 is 1.03 bits per heavy atom. The van der Waals surface area contributed by atoms with Gasteiger partial charge >= 0.3 is 0 Å². The minimum absolute atomic E-state index is 0.179. The molecule has 0 saturated heterocycles. The molecule has 3 aromatic rings. The summed E-state index contributed by atoms with van der Waals surface area (Å²) in [4.78, 5) is 24.7. The molecule has 9 heteroatoms. The molecule has 0 saturated carbocycles. The van der Waals surface area contributed by atoms with Gasteiger partial charge in [-0.05, 0) is 60.9 Å². The molecule has 7 nitrogen and oxygen atoms in total. The lowest BCUT2D eigenvalue weighted by Crippen LogP contribution is -2.19. The van der Waals surface area contributed by atoms with Crippen molar-refractivity contribution in [2.24, 2.45) is 5.10 Å². The molecule has 0 aliphatic carbocycles. The first-order chi connectivity index (χ1) is 14.8. The van der Waals surface area contributed by atoms with Gasteiger partial charge in [0, 0.05) is 12.1 Å². The van der Waals surface area contributed by atoms with Crippen LogP contribution in [0.1, 0.15) is 34.1 Å². The summed E-state index contributed by atoms with van der Waals surface area (Å²) in [6.45, 7) is 1.76. The van der Waals surface area contributed by atoms with Gasteiger partial charge in [0.1, 0.15) is 0 Å². The van der Waals surface area contributed by atoms with E-state index in [4.69, 9.17) is 11.6 Å². The fourth-order valence-electron chi connectivity index (χ4n) is 2.67. The molecular weight excluding hydrogens is 438 g/mol. The first kappa shape index (κ1) is 22.3. The van der Waals surface area contributed by atoms with E-state index < -0.39 is 0 Å². The molecule has 0 unspecified atom stereocenters. The van der Waals surface area contributed by atoms with E-state index in [-0.39, 0.29) is 29.7 Å². The Labute approximate surface area is 188 Å². The molecule has 1 heterocycles. The highest BCUT2D eigenvalue weighted by molar-refractivity contribution is 7.18. The number of carbonyl (C=O) groups excluding carboxylic acids is 2. The van der Waals surface area contributed by atoms with Crippen LogP contribution in [0.25, 0.3) is 0 Å². The third kappa shape index (κ3) is 6.31. The van der Waals surface area contributed by atoms with Crippen molar-refractivity contribution in [1.82, 2.24) is 5.43 Å². The summed E-state index contributed by atoms with van der Waals surface area (Å²) in [5, 5.41) is 25.7. The van der Waals surface area contributed by atoms with Crippen molar-refractivity contribution in [1.29, 1.82) is 0 Å². The zero-order chi connectivity index (χ0) is 22.4. The molecule has 160 valence electrons. The molecule has 0 spiro atoms. The molecule has 2 aromatic carbocycles. The van der Waals surface area contributed by atoms with E-state index in [1.54, 1.807) is 49.4 Å². The topological polar surface area (TPSA) is 111 Å². The highest BCUT2D eigenvalue weighted by atomic mass is 35.5. The van der Waals surface area contributed by atoms with E-state index in [0.717, 1.165) is 11.1 Å². The minimum atomic E-state index is -0.273. The third-order valence-electron chi connectivity index (χ3n) is 4.39. The number of hydrogen-bond acceptors (Lipinski definition) is 6. The summed E-state index contributed by atoms with van der Waals surface area (Å²) in [5.74, 6) is -0.921. The smallest absolute Gasteiger partial charge is 0.265 e. The molecular formula is C22H20ClN3O4S. The lowest BCUT2D eigenvalue weighted by atomic mass is 10.1. The van der Waals surface area contributed by atoms with E-state index in [9.17, 15) is 19.8 Å². The predicted octanol–water partition coefficient (Wildman–Crippen LogP) is 4.54. The molecule has 4 N–H and O–H groups in total. The molecule has 0 aliphatic rings. The number of carbonyl (C=O) groups is 2. The van der Waals surface area contributed by atoms with Crippen LogP contribution < -0.4 is 10.7 Å². The van der Waals surface area contributed by atoms with Gasteiger partial charge in [-0.15, -0.1) is 11.3 Å².